The van der Waals surface area contributed by atoms with Crippen LogP contribution in [0.3, 0.4) is 0 Å². The maximum absolute atomic E-state index is 10.3. The molecular formula is C19H24O2S. The number of phenols is 1. The van der Waals surface area contributed by atoms with E-state index in [0.29, 0.717) is 5.75 Å². The van der Waals surface area contributed by atoms with Crippen molar-refractivity contribution >= 4 is 11.3 Å². The Morgan fingerprint density at radius 1 is 1.09 bits per heavy atom. The molecule has 1 aromatic carbocycles. The summed E-state index contributed by atoms with van der Waals surface area (Å²) in [6.45, 7) is 12.5. The lowest BCUT2D eigenvalue weighted by Gasteiger charge is -2.38. The Hall–Kier alpha value is -1.48. The van der Waals surface area contributed by atoms with Gasteiger partial charge in [0.05, 0.1) is 0 Å². The van der Waals surface area contributed by atoms with Gasteiger partial charge in [-0.1, -0.05) is 0 Å². The lowest BCUT2D eigenvalue weighted by Crippen LogP contribution is -2.34. The molecule has 1 unspecified atom stereocenters. The number of hydrogen-bond acceptors (Lipinski definition) is 3. The molecule has 3 heteroatoms. The van der Waals surface area contributed by atoms with Crippen LogP contribution in [0.4, 0.5) is 0 Å². The Bertz CT molecular complexity index is 758. The minimum absolute atomic E-state index is 0.275. The van der Waals surface area contributed by atoms with E-state index in [1.807, 2.05) is 32.1 Å². The average Bonchev–Trinajstić information content (AvgIpc) is 2.82. The molecule has 118 valence electrons. The van der Waals surface area contributed by atoms with Crippen molar-refractivity contribution in [3.63, 3.8) is 0 Å². The summed E-state index contributed by atoms with van der Waals surface area (Å²) in [5.74, 6) is 1.40. The van der Waals surface area contributed by atoms with Crippen LogP contribution in [-0.2, 0) is 12.0 Å². The maximum atomic E-state index is 10.3. The molecule has 0 saturated heterocycles. The SMILES string of the molecule is Cc1cc(C2(C)CCc3c(C)c(O)c(C)c(C)c3O2)c(C)s1. The quantitative estimate of drug-likeness (QED) is 0.780. The van der Waals surface area contributed by atoms with Crippen molar-refractivity contribution in [3.05, 3.63) is 43.6 Å². The number of rotatable bonds is 1. The van der Waals surface area contributed by atoms with Gasteiger partial charge in [-0.3, -0.25) is 0 Å². The van der Waals surface area contributed by atoms with Crippen molar-refractivity contribution in [1.82, 2.24) is 0 Å². The van der Waals surface area contributed by atoms with Crippen molar-refractivity contribution in [2.75, 3.05) is 0 Å². The van der Waals surface area contributed by atoms with Crippen LogP contribution in [0.5, 0.6) is 11.5 Å². The summed E-state index contributed by atoms with van der Waals surface area (Å²) in [6, 6.07) is 2.26. The number of phenolic OH excluding ortho intramolecular Hbond substituents is 1. The van der Waals surface area contributed by atoms with Gasteiger partial charge < -0.3 is 9.84 Å². The summed E-state index contributed by atoms with van der Waals surface area (Å²) in [5.41, 5.74) is 5.17. The molecule has 1 atom stereocenters. The highest BCUT2D eigenvalue weighted by Crippen LogP contribution is 2.47. The predicted octanol–water partition coefficient (Wildman–Crippen LogP) is 5.24. The zero-order valence-corrected chi connectivity index (χ0v) is 15.1. The lowest BCUT2D eigenvalue weighted by molar-refractivity contribution is 0.0610. The first-order valence-corrected chi connectivity index (χ1v) is 8.64. The van der Waals surface area contributed by atoms with Crippen molar-refractivity contribution in [2.45, 2.75) is 60.0 Å². The van der Waals surface area contributed by atoms with Crippen LogP contribution in [0.1, 0.15) is 50.9 Å². The molecular weight excluding hydrogens is 292 g/mol. The number of aryl methyl sites for hydroxylation is 2. The van der Waals surface area contributed by atoms with E-state index in [4.69, 9.17) is 4.74 Å². The molecule has 1 aromatic heterocycles. The molecule has 0 bridgehead atoms. The third-order valence-corrected chi connectivity index (χ3v) is 6.10. The summed E-state index contributed by atoms with van der Waals surface area (Å²) in [5, 5.41) is 10.3. The molecule has 0 amide bonds. The van der Waals surface area contributed by atoms with E-state index in [1.54, 1.807) is 0 Å². The second-order valence-electron chi connectivity index (χ2n) is 6.69. The summed E-state index contributed by atoms with van der Waals surface area (Å²) in [6.07, 6.45) is 1.89. The Morgan fingerprint density at radius 2 is 1.77 bits per heavy atom. The topological polar surface area (TPSA) is 29.5 Å². The number of benzene rings is 1. The minimum Gasteiger partial charge on any atom is -0.507 e. The fourth-order valence-corrected chi connectivity index (χ4v) is 4.64. The van der Waals surface area contributed by atoms with Gasteiger partial charge in [-0.2, -0.15) is 0 Å². The second kappa shape index (κ2) is 5.02. The predicted molar refractivity (Wildman–Crippen MR) is 92.4 cm³/mol. The zero-order valence-electron chi connectivity index (χ0n) is 14.3. The first kappa shape index (κ1) is 15.4. The Kier molecular flexibility index (Phi) is 3.52. The van der Waals surface area contributed by atoms with Crippen LogP contribution in [-0.4, -0.2) is 5.11 Å². The van der Waals surface area contributed by atoms with Gasteiger partial charge in [-0.25, -0.2) is 0 Å². The standard InChI is InChI=1S/C19H24O2S/c1-10-9-16(14(5)22-10)19(6)8-7-15-13(4)17(20)11(2)12(3)18(15)21-19/h9,20H,7-8H2,1-6H3. The minimum atomic E-state index is -0.275. The molecule has 1 aliphatic rings. The van der Waals surface area contributed by atoms with E-state index in [9.17, 15) is 5.11 Å². The molecule has 22 heavy (non-hydrogen) atoms. The van der Waals surface area contributed by atoms with Crippen molar-refractivity contribution in [2.24, 2.45) is 0 Å². The largest absolute Gasteiger partial charge is 0.507 e. The fraction of sp³-hybridized carbons (Fsp3) is 0.474. The number of ether oxygens (including phenoxy) is 1. The molecule has 3 rings (SSSR count). The van der Waals surface area contributed by atoms with Crippen LogP contribution in [0.25, 0.3) is 0 Å². The van der Waals surface area contributed by atoms with Gasteiger partial charge in [0.2, 0.25) is 0 Å². The summed E-state index contributed by atoms with van der Waals surface area (Å²) in [7, 11) is 0. The van der Waals surface area contributed by atoms with Crippen molar-refractivity contribution in [1.29, 1.82) is 0 Å². The molecule has 1 aliphatic heterocycles. The van der Waals surface area contributed by atoms with E-state index >= 15 is 0 Å². The highest BCUT2D eigenvalue weighted by Gasteiger charge is 2.37. The Morgan fingerprint density at radius 3 is 2.36 bits per heavy atom. The first-order chi connectivity index (χ1) is 10.2. The Labute approximate surface area is 136 Å². The first-order valence-electron chi connectivity index (χ1n) is 7.82. The van der Waals surface area contributed by atoms with Crippen molar-refractivity contribution < 1.29 is 9.84 Å². The third-order valence-electron chi connectivity index (χ3n) is 5.13. The van der Waals surface area contributed by atoms with Gasteiger partial charge >= 0.3 is 0 Å². The lowest BCUT2D eigenvalue weighted by atomic mass is 9.83. The van der Waals surface area contributed by atoms with Gasteiger partial charge in [0.25, 0.3) is 0 Å². The molecule has 2 aromatic rings. The normalized spacial score (nSPS) is 20.6. The van der Waals surface area contributed by atoms with Gasteiger partial charge in [-0.15, -0.1) is 11.3 Å². The van der Waals surface area contributed by atoms with Gasteiger partial charge in [0, 0.05) is 20.9 Å². The molecule has 0 saturated carbocycles. The summed E-state index contributed by atoms with van der Waals surface area (Å²) >= 11 is 1.84. The molecule has 2 heterocycles. The number of thiophene rings is 1. The second-order valence-corrected chi connectivity index (χ2v) is 8.15. The van der Waals surface area contributed by atoms with E-state index in [1.165, 1.54) is 20.9 Å². The molecule has 2 nitrogen and oxygen atoms in total. The smallest absolute Gasteiger partial charge is 0.133 e. The molecule has 1 N–H and O–H groups in total. The Balaban J connectivity index is 2.13. The monoisotopic (exact) mass is 316 g/mol. The highest BCUT2D eigenvalue weighted by molar-refractivity contribution is 7.12. The maximum Gasteiger partial charge on any atom is 0.133 e. The van der Waals surface area contributed by atoms with Crippen LogP contribution in [0.15, 0.2) is 6.07 Å². The summed E-state index contributed by atoms with van der Waals surface area (Å²) < 4.78 is 6.54. The van der Waals surface area contributed by atoms with E-state index in [2.05, 4.69) is 26.8 Å². The van der Waals surface area contributed by atoms with Gasteiger partial charge in [0.1, 0.15) is 17.1 Å². The van der Waals surface area contributed by atoms with Crippen LogP contribution in [0, 0.1) is 34.6 Å². The van der Waals surface area contributed by atoms with E-state index in [-0.39, 0.29) is 5.60 Å². The fourth-order valence-electron chi connectivity index (χ4n) is 3.59. The number of aromatic hydroxyl groups is 1. The molecule has 0 radical (unpaired) electrons. The number of hydrogen-bond donors (Lipinski definition) is 1. The average molecular weight is 316 g/mol. The molecule has 0 aliphatic carbocycles. The number of fused-ring (bicyclic) bond motifs is 1. The third kappa shape index (κ3) is 2.14. The summed E-state index contributed by atoms with van der Waals surface area (Å²) in [4.78, 5) is 2.67. The van der Waals surface area contributed by atoms with Gasteiger partial charge in [0.15, 0.2) is 0 Å². The van der Waals surface area contributed by atoms with E-state index < -0.39 is 0 Å². The van der Waals surface area contributed by atoms with Crippen LogP contribution >= 0.6 is 11.3 Å². The molecule has 0 spiro atoms. The van der Waals surface area contributed by atoms with Crippen LogP contribution < -0.4 is 4.74 Å². The van der Waals surface area contributed by atoms with Crippen LogP contribution in [0.2, 0.25) is 0 Å². The molecule has 0 fully saturated rings. The highest BCUT2D eigenvalue weighted by atomic mass is 32.1. The van der Waals surface area contributed by atoms with Crippen molar-refractivity contribution in [3.8, 4) is 11.5 Å². The van der Waals surface area contributed by atoms with E-state index in [0.717, 1.165) is 35.3 Å². The zero-order chi connectivity index (χ0) is 16.2. The van der Waals surface area contributed by atoms with Gasteiger partial charge in [-0.05, 0) is 77.1 Å².